The van der Waals surface area contributed by atoms with Crippen LogP contribution in [0.3, 0.4) is 0 Å². The lowest BCUT2D eigenvalue weighted by Gasteiger charge is -2.28. The van der Waals surface area contributed by atoms with E-state index < -0.39 is 0 Å². The number of carbonyl (C=O) groups is 1. The molecule has 0 aliphatic carbocycles. The molecule has 0 spiro atoms. The van der Waals surface area contributed by atoms with Gasteiger partial charge in [0.05, 0.1) is 19.9 Å². The summed E-state index contributed by atoms with van der Waals surface area (Å²) < 4.78 is 26.4. The molecule has 0 bridgehead atoms. The summed E-state index contributed by atoms with van der Waals surface area (Å²) in [6.07, 6.45) is 5.94. The minimum atomic E-state index is -0.294. The van der Waals surface area contributed by atoms with Gasteiger partial charge in [0, 0.05) is 43.4 Å². The van der Waals surface area contributed by atoms with Gasteiger partial charge in [0.2, 0.25) is 5.91 Å². The number of pyridine rings is 1. The molecule has 0 radical (unpaired) electrons. The van der Waals surface area contributed by atoms with E-state index in [4.69, 9.17) is 9.47 Å². The number of aryl methyl sites for hydroxylation is 1. The van der Waals surface area contributed by atoms with Gasteiger partial charge in [-0.1, -0.05) is 0 Å². The summed E-state index contributed by atoms with van der Waals surface area (Å²) >= 11 is 0. The SMILES string of the molecule is COc1cc2c(cc1OC)CN(C(=O)/C=C/c1c(-c3ccc(F)cc3)n(C)c3ncccc13)CC2.Cl. The van der Waals surface area contributed by atoms with Gasteiger partial charge in [-0.2, -0.15) is 0 Å². The van der Waals surface area contributed by atoms with Crippen LogP contribution in [0.1, 0.15) is 16.7 Å². The fraction of sp³-hybridized carbons (Fsp3) is 0.214. The highest BCUT2D eigenvalue weighted by molar-refractivity contribution is 6.00. The van der Waals surface area contributed by atoms with Crippen LogP contribution in [-0.4, -0.2) is 41.1 Å². The fourth-order valence-corrected chi connectivity index (χ4v) is 4.75. The van der Waals surface area contributed by atoms with Crippen molar-refractivity contribution in [2.45, 2.75) is 13.0 Å². The number of ether oxygens (including phenoxy) is 2. The van der Waals surface area contributed by atoms with Gasteiger partial charge in [0.1, 0.15) is 11.5 Å². The maximum Gasteiger partial charge on any atom is 0.246 e. The minimum absolute atomic E-state index is 0. The number of rotatable bonds is 5. The summed E-state index contributed by atoms with van der Waals surface area (Å²) in [5, 5.41) is 0.930. The maximum absolute atomic E-state index is 13.6. The number of aromatic nitrogens is 2. The van der Waals surface area contributed by atoms with E-state index in [-0.39, 0.29) is 24.1 Å². The van der Waals surface area contributed by atoms with E-state index >= 15 is 0 Å². The van der Waals surface area contributed by atoms with E-state index in [1.807, 2.05) is 46.9 Å². The van der Waals surface area contributed by atoms with Crippen LogP contribution in [0.4, 0.5) is 4.39 Å². The molecule has 0 atom stereocenters. The molecule has 5 rings (SSSR count). The van der Waals surface area contributed by atoms with E-state index in [1.165, 1.54) is 12.1 Å². The first-order valence-corrected chi connectivity index (χ1v) is 11.4. The molecule has 3 heterocycles. The fourth-order valence-electron chi connectivity index (χ4n) is 4.75. The summed E-state index contributed by atoms with van der Waals surface area (Å²) in [5.74, 6) is 0.987. The van der Waals surface area contributed by atoms with Crippen LogP contribution < -0.4 is 9.47 Å². The number of fused-ring (bicyclic) bond motifs is 2. The smallest absolute Gasteiger partial charge is 0.246 e. The Kier molecular flexibility index (Phi) is 7.31. The van der Waals surface area contributed by atoms with Crippen molar-refractivity contribution >= 4 is 35.4 Å². The lowest BCUT2D eigenvalue weighted by atomic mass is 9.98. The third-order valence-corrected chi connectivity index (χ3v) is 6.53. The van der Waals surface area contributed by atoms with Crippen LogP contribution >= 0.6 is 12.4 Å². The quantitative estimate of drug-likeness (QED) is 0.339. The van der Waals surface area contributed by atoms with E-state index in [9.17, 15) is 9.18 Å². The Morgan fingerprint density at radius 3 is 2.44 bits per heavy atom. The van der Waals surface area contributed by atoms with Crippen molar-refractivity contribution in [2.24, 2.45) is 7.05 Å². The molecule has 1 aliphatic rings. The number of methoxy groups -OCH3 is 2. The van der Waals surface area contributed by atoms with Gasteiger partial charge < -0.3 is 18.9 Å². The lowest BCUT2D eigenvalue weighted by molar-refractivity contribution is -0.126. The first-order valence-electron chi connectivity index (χ1n) is 11.4. The second-order valence-corrected chi connectivity index (χ2v) is 8.52. The second kappa shape index (κ2) is 10.4. The van der Waals surface area contributed by atoms with Crippen molar-refractivity contribution in [3.05, 3.63) is 83.3 Å². The third kappa shape index (κ3) is 4.54. The molecule has 2 aromatic heterocycles. The number of halogens is 2. The van der Waals surface area contributed by atoms with Crippen molar-refractivity contribution in [1.29, 1.82) is 0 Å². The standard InChI is InChI=1S/C28H26FN3O3.ClH/c1-31-27(18-6-8-21(29)9-7-18)22(23-5-4-13-30-28(23)31)10-11-26(33)32-14-12-19-15-24(34-2)25(35-3)16-20(19)17-32;/h4-11,13,15-16H,12,14,17H2,1-3H3;1H/b11-10+;. The van der Waals surface area contributed by atoms with E-state index in [0.29, 0.717) is 24.6 Å². The van der Waals surface area contributed by atoms with Gasteiger partial charge in [-0.05, 0) is 77.7 Å². The average molecular weight is 508 g/mol. The summed E-state index contributed by atoms with van der Waals surface area (Å²) in [6, 6.07) is 14.2. The molecule has 0 fully saturated rings. The number of hydrogen-bond donors (Lipinski definition) is 0. The largest absolute Gasteiger partial charge is 0.493 e. The molecule has 0 saturated carbocycles. The van der Waals surface area contributed by atoms with Crippen LogP contribution in [0, 0.1) is 5.82 Å². The molecule has 0 unspecified atom stereocenters. The molecule has 1 aliphatic heterocycles. The molecule has 6 nitrogen and oxygen atoms in total. The van der Waals surface area contributed by atoms with E-state index in [2.05, 4.69) is 4.98 Å². The topological polar surface area (TPSA) is 56.6 Å². The highest BCUT2D eigenvalue weighted by Gasteiger charge is 2.22. The predicted octanol–water partition coefficient (Wildman–Crippen LogP) is 5.42. The zero-order valence-corrected chi connectivity index (χ0v) is 21.1. The zero-order valence-electron chi connectivity index (χ0n) is 20.3. The highest BCUT2D eigenvalue weighted by Crippen LogP contribution is 2.35. The molecule has 8 heteroatoms. The van der Waals surface area contributed by atoms with Crippen molar-refractivity contribution in [3.8, 4) is 22.8 Å². The van der Waals surface area contributed by atoms with Gasteiger partial charge in [0.15, 0.2) is 11.5 Å². The maximum atomic E-state index is 13.6. The highest BCUT2D eigenvalue weighted by atomic mass is 35.5. The molecule has 1 amide bonds. The Balaban J connectivity index is 0.00000304. The summed E-state index contributed by atoms with van der Waals surface area (Å²) in [7, 11) is 5.16. The summed E-state index contributed by atoms with van der Waals surface area (Å²) in [6.45, 7) is 1.12. The van der Waals surface area contributed by atoms with E-state index in [0.717, 1.165) is 45.4 Å². The van der Waals surface area contributed by atoms with Gasteiger partial charge in [0.25, 0.3) is 0 Å². The van der Waals surface area contributed by atoms with Crippen molar-refractivity contribution < 1.29 is 18.7 Å². The van der Waals surface area contributed by atoms with Gasteiger partial charge in [-0.3, -0.25) is 4.79 Å². The van der Waals surface area contributed by atoms with Crippen molar-refractivity contribution in [3.63, 3.8) is 0 Å². The average Bonchev–Trinajstić information content (AvgIpc) is 3.18. The Labute approximate surface area is 215 Å². The van der Waals surface area contributed by atoms with Gasteiger partial charge >= 0.3 is 0 Å². The molecule has 0 N–H and O–H groups in total. The third-order valence-electron chi connectivity index (χ3n) is 6.53. The Bertz CT molecular complexity index is 1450. The monoisotopic (exact) mass is 507 g/mol. The number of carbonyl (C=O) groups excluding carboxylic acids is 1. The minimum Gasteiger partial charge on any atom is -0.493 e. The zero-order chi connectivity index (χ0) is 24.5. The van der Waals surface area contributed by atoms with Crippen LogP contribution in [-0.2, 0) is 24.8 Å². The first kappa shape index (κ1) is 25.3. The molecule has 4 aromatic rings. The van der Waals surface area contributed by atoms with E-state index in [1.54, 1.807) is 38.6 Å². The Morgan fingerprint density at radius 1 is 1.06 bits per heavy atom. The normalized spacial score (nSPS) is 12.9. The van der Waals surface area contributed by atoms with Crippen LogP contribution in [0.15, 0.2) is 60.8 Å². The van der Waals surface area contributed by atoms with Crippen LogP contribution in [0.5, 0.6) is 11.5 Å². The summed E-state index contributed by atoms with van der Waals surface area (Å²) in [5.41, 5.74) is 5.62. The summed E-state index contributed by atoms with van der Waals surface area (Å²) in [4.78, 5) is 19.5. The number of hydrogen-bond acceptors (Lipinski definition) is 4. The molecule has 2 aromatic carbocycles. The molecule has 0 saturated heterocycles. The predicted molar refractivity (Wildman–Crippen MR) is 141 cm³/mol. The van der Waals surface area contributed by atoms with Gasteiger partial charge in [-0.15, -0.1) is 12.4 Å². The van der Waals surface area contributed by atoms with Crippen LogP contribution in [0.2, 0.25) is 0 Å². The van der Waals surface area contributed by atoms with Gasteiger partial charge in [-0.25, -0.2) is 9.37 Å². The second-order valence-electron chi connectivity index (χ2n) is 8.52. The lowest BCUT2D eigenvalue weighted by Crippen LogP contribution is -2.34. The Hall–Kier alpha value is -3.84. The van der Waals surface area contributed by atoms with Crippen molar-refractivity contribution in [2.75, 3.05) is 20.8 Å². The number of nitrogens with zero attached hydrogens (tertiary/aromatic N) is 3. The molecule has 186 valence electrons. The number of benzene rings is 2. The van der Waals surface area contributed by atoms with Crippen LogP contribution in [0.25, 0.3) is 28.4 Å². The molecule has 36 heavy (non-hydrogen) atoms. The first-order chi connectivity index (χ1) is 17.0. The Morgan fingerprint density at radius 2 is 1.75 bits per heavy atom. The number of amides is 1. The molecular weight excluding hydrogens is 481 g/mol. The van der Waals surface area contributed by atoms with Crippen molar-refractivity contribution in [1.82, 2.24) is 14.5 Å². The molecular formula is C28H27ClFN3O3.